The molecule has 1 N–H and O–H groups in total. The average molecular weight is 341 g/mol. The highest BCUT2D eigenvalue weighted by atomic mass is 32.2. The fourth-order valence-corrected chi connectivity index (χ4v) is 3.22. The van der Waals surface area contributed by atoms with E-state index in [-0.39, 0.29) is 0 Å². The van der Waals surface area contributed by atoms with E-state index in [4.69, 9.17) is 9.47 Å². The second kappa shape index (κ2) is 7.40. The smallest absolute Gasteiger partial charge is 0.209 e. The van der Waals surface area contributed by atoms with Crippen LogP contribution in [-0.4, -0.2) is 29.4 Å². The van der Waals surface area contributed by atoms with Gasteiger partial charge in [0.2, 0.25) is 5.16 Å². The van der Waals surface area contributed by atoms with Crippen molar-refractivity contribution in [3.8, 4) is 22.9 Å². The van der Waals surface area contributed by atoms with Crippen LogP contribution < -0.4 is 9.47 Å². The molecule has 1 aromatic heterocycles. The van der Waals surface area contributed by atoms with Crippen LogP contribution in [0.2, 0.25) is 0 Å². The van der Waals surface area contributed by atoms with Gasteiger partial charge in [-0.3, -0.25) is 5.10 Å². The van der Waals surface area contributed by atoms with Gasteiger partial charge in [0.1, 0.15) is 0 Å². The summed E-state index contributed by atoms with van der Waals surface area (Å²) in [7, 11) is 3.29. The van der Waals surface area contributed by atoms with Gasteiger partial charge in [0, 0.05) is 11.3 Å². The summed E-state index contributed by atoms with van der Waals surface area (Å²) in [6.45, 7) is 2.06. The molecule has 0 amide bonds. The van der Waals surface area contributed by atoms with Gasteiger partial charge >= 0.3 is 0 Å². The molecule has 3 aromatic rings. The van der Waals surface area contributed by atoms with Crippen molar-refractivity contribution in [1.82, 2.24) is 15.2 Å². The van der Waals surface area contributed by atoms with Crippen LogP contribution in [-0.2, 0) is 5.75 Å². The Morgan fingerprint density at radius 3 is 2.46 bits per heavy atom. The van der Waals surface area contributed by atoms with E-state index in [1.807, 2.05) is 42.5 Å². The second-order valence-corrected chi connectivity index (χ2v) is 6.20. The fraction of sp³-hybridized carbons (Fsp3) is 0.222. The molecule has 0 saturated heterocycles. The summed E-state index contributed by atoms with van der Waals surface area (Å²) in [5.74, 6) is 3.02. The van der Waals surface area contributed by atoms with Crippen molar-refractivity contribution in [2.45, 2.75) is 17.8 Å². The number of hydrogen-bond acceptors (Lipinski definition) is 5. The van der Waals surface area contributed by atoms with E-state index in [1.165, 1.54) is 5.56 Å². The summed E-state index contributed by atoms with van der Waals surface area (Å²) in [5.41, 5.74) is 3.35. The molecule has 0 aliphatic carbocycles. The van der Waals surface area contributed by atoms with E-state index in [2.05, 4.69) is 22.1 Å². The third-order valence-corrected chi connectivity index (χ3v) is 4.61. The van der Waals surface area contributed by atoms with Crippen molar-refractivity contribution >= 4 is 11.8 Å². The minimum atomic E-state index is 0.725. The van der Waals surface area contributed by atoms with Crippen LogP contribution in [0.25, 0.3) is 11.4 Å². The molecule has 0 aliphatic rings. The van der Waals surface area contributed by atoms with Gasteiger partial charge in [0.05, 0.1) is 14.2 Å². The lowest BCUT2D eigenvalue weighted by molar-refractivity contribution is 0.354. The molecule has 3 rings (SSSR count). The van der Waals surface area contributed by atoms with Crippen LogP contribution >= 0.6 is 11.8 Å². The summed E-state index contributed by atoms with van der Waals surface area (Å²) < 4.78 is 10.7. The number of rotatable bonds is 6. The van der Waals surface area contributed by atoms with E-state index in [1.54, 1.807) is 26.0 Å². The molecule has 0 radical (unpaired) electrons. The van der Waals surface area contributed by atoms with E-state index in [0.717, 1.165) is 39.4 Å². The first-order valence-corrected chi connectivity index (χ1v) is 8.52. The second-order valence-electron chi connectivity index (χ2n) is 5.25. The van der Waals surface area contributed by atoms with E-state index < -0.39 is 0 Å². The number of hydrogen-bond donors (Lipinski definition) is 1. The van der Waals surface area contributed by atoms with Crippen molar-refractivity contribution < 1.29 is 9.47 Å². The van der Waals surface area contributed by atoms with Crippen molar-refractivity contribution in [2.24, 2.45) is 0 Å². The topological polar surface area (TPSA) is 60.0 Å². The predicted molar refractivity (Wildman–Crippen MR) is 95.7 cm³/mol. The van der Waals surface area contributed by atoms with Crippen LogP contribution in [0.3, 0.4) is 0 Å². The molecule has 1 heterocycles. The highest BCUT2D eigenvalue weighted by Gasteiger charge is 2.11. The lowest BCUT2D eigenvalue weighted by Crippen LogP contribution is -1.95. The zero-order valence-corrected chi connectivity index (χ0v) is 14.7. The van der Waals surface area contributed by atoms with Gasteiger partial charge in [-0.05, 0) is 30.2 Å². The highest BCUT2D eigenvalue weighted by Crippen LogP contribution is 2.33. The Morgan fingerprint density at radius 2 is 1.75 bits per heavy atom. The molecule has 0 saturated carbocycles. The monoisotopic (exact) mass is 341 g/mol. The Morgan fingerprint density at radius 1 is 1.04 bits per heavy atom. The molecule has 5 nitrogen and oxygen atoms in total. The van der Waals surface area contributed by atoms with Crippen molar-refractivity contribution in [3.63, 3.8) is 0 Å². The number of methoxy groups -OCH3 is 2. The molecule has 2 aromatic carbocycles. The molecule has 0 unspecified atom stereocenters. The predicted octanol–water partition coefficient (Wildman–Crippen LogP) is 4.09. The van der Waals surface area contributed by atoms with Gasteiger partial charge in [0.25, 0.3) is 0 Å². The maximum atomic E-state index is 5.37. The van der Waals surface area contributed by atoms with Crippen LogP contribution in [0.15, 0.2) is 47.6 Å². The molecule has 124 valence electrons. The number of aromatic amines is 1. The first kappa shape index (κ1) is 16.4. The van der Waals surface area contributed by atoms with Crippen LogP contribution in [0.5, 0.6) is 11.5 Å². The number of aryl methyl sites for hydroxylation is 1. The normalized spacial score (nSPS) is 10.6. The number of nitrogens with one attached hydrogen (secondary N) is 1. The molecule has 0 atom stereocenters. The Kier molecular flexibility index (Phi) is 5.05. The Bertz CT molecular complexity index is 818. The molecule has 6 heteroatoms. The van der Waals surface area contributed by atoms with Crippen molar-refractivity contribution in [2.75, 3.05) is 14.2 Å². The Hall–Kier alpha value is -2.47. The van der Waals surface area contributed by atoms with Gasteiger partial charge < -0.3 is 9.47 Å². The quantitative estimate of drug-likeness (QED) is 0.684. The van der Waals surface area contributed by atoms with Crippen LogP contribution in [0, 0.1) is 6.92 Å². The minimum Gasteiger partial charge on any atom is -0.493 e. The first-order chi connectivity index (χ1) is 11.7. The maximum absolute atomic E-state index is 5.37. The van der Waals surface area contributed by atoms with Gasteiger partial charge in [-0.1, -0.05) is 42.1 Å². The zero-order chi connectivity index (χ0) is 16.9. The average Bonchev–Trinajstić information content (AvgIpc) is 3.10. The number of thioether (sulfide) groups is 1. The first-order valence-electron chi connectivity index (χ1n) is 7.53. The van der Waals surface area contributed by atoms with Gasteiger partial charge in [-0.25, -0.2) is 4.98 Å². The fourth-order valence-electron chi connectivity index (χ4n) is 2.36. The lowest BCUT2D eigenvalue weighted by atomic mass is 10.1. The van der Waals surface area contributed by atoms with Crippen molar-refractivity contribution in [3.05, 3.63) is 53.6 Å². The van der Waals surface area contributed by atoms with E-state index in [9.17, 15) is 0 Å². The summed E-state index contributed by atoms with van der Waals surface area (Å²) in [6, 6.07) is 14.0. The molecule has 24 heavy (non-hydrogen) atoms. The molecule has 0 aliphatic heterocycles. The molecule has 0 bridgehead atoms. The SMILES string of the molecule is COc1cc(C)c(CSc2n[nH]c(-c3ccccc3)n2)cc1OC. The number of H-pyrrole nitrogens is 1. The largest absolute Gasteiger partial charge is 0.493 e. The highest BCUT2D eigenvalue weighted by molar-refractivity contribution is 7.98. The standard InChI is InChI=1S/C18H19N3O2S/c1-12-9-15(22-2)16(23-3)10-14(12)11-24-18-19-17(20-21-18)13-7-5-4-6-8-13/h4-10H,11H2,1-3H3,(H,19,20,21). The zero-order valence-electron chi connectivity index (χ0n) is 13.9. The molecule has 0 fully saturated rings. The van der Waals surface area contributed by atoms with E-state index >= 15 is 0 Å². The third-order valence-electron chi connectivity index (χ3n) is 3.71. The Labute approximate surface area is 145 Å². The summed E-state index contributed by atoms with van der Waals surface area (Å²) in [5, 5.41) is 8.00. The summed E-state index contributed by atoms with van der Waals surface area (Å²) in [6.07, 6.45) is 0. The molecular weight excluding hydrogens is 322 g/mol. The number of benzene rings is 2. The third kappa shape index (κ3) is 3.54. The number of ether oxygens (including phenoxy) is 2. The maximum Gasteiger partial charge on any atom is 0.209 e. The number of aromatic nitrogens is 3. The van der Waals surface area contributed by atoms with Crippen LogP contribution in [0.4, 0.5) is 0 Å². The van der Waals surface area contributed by atoms with Crippen LogP contribution in [0.1, 0.15) is 11.1 Å². The van der Waals surface area contributed by atoms with Gasteiger partial charge in [-0.15, -0.1) is 5.10 Å². The van der Waals surface area contributed by atoms with Gasteiger partial charge in [-0.2, -0.15) is 0 Å². The molecule has 0 spiro atoms. The van der Waals surface area contributed by atoms with E-state index in [0.29, 0.717) is 0 Å². The Balaban J connectivity index is 1.73. The summed E-state index contributed by atoms with van der Waals surface area (Å²) in [4.78, 5) is 4.54. The van der Waals surface area contributed by atoms with Crippen molar-refractivity contribution in [1.29, 1.82) is 0 Å². The van der Waals surface area contributed by atoms with Gasteiger partial charge in [0.15, 0.2) is 17.3 Å². The molecular formula is C18H19N3O2S. The lowest BCUT2D eigenvalue weighted by Gasteiger charge is -2.12. The minimum absolute atomic E-state index is 0.725. The number of nitrogens with zero attached hydrogens (tertiary/aromatic N) is 2. The summed E-state index contributed by atoms with van der Waals surface area (Å²) >= 11 is 1.59.